The van der Waals surface area contributed by atoms with Crippen LogP contribution in [-0.4, -0.2) is 59.8 Å². The van der Waals surface area contributed by atoms with Crippen LogP contribution in [0.1, 0.15) is 5.56 Å². The number of benzene rings is 2. The lowest BCUT2D eigenvalue weighted by Crippen LogP contribution is -2.50. The Hall–Kier alpha value is -2.96. The van der Waals surface area contributed by atoms with Crippen molar-refractivity contribution in [3.63, 3.8) is 0 Å². The number of pyridine rings is 1. The second kappa shape index (κ2) is 8.59. The van der Waals surface area contributed by atoms with Crippen molar-refractivity contribution in [2.75, 3.05) is 32.8 Å². The van der Waals surface area contributed by atoms with Gasteiger partial charge in [0.15, 0.2) is 0 Å². The van der Waals surface area contributed by atoms with Gasteiger partial charge in [-0.15, -0.1) is 0 Å². The van der Waals surface area contributed by atoms with Gasteiger partial charge in [0, 0.05) is 37.6 Å². The van der Waals surface area contributed by atoms with E-state index in [0.717, 1.165) is 28.4 Å². The first-order valence-corrected chi connectivity index (χ1v) is 9.83. The molecule has 2 aromatic carbocycles. The third-order valence-corrected chi connectivity index (χ3v) is 5.19. The molecule has 0 bridgehead atoms. The summed E-state index contributed by atoms with van der Waals surface area (Å²) in [7, 11) is 0. The summed E-state index contributed by atoms with van der Waals surface area (Å²) < 4.78 is 5.82. The third kappa shape index (κ3) is 4.72. The third-order valence-electron chi connectivity index (χ3n) is 5.19. The highest BCUT2D eigenvalue weighted by Gasteiger charge is 2.19. The average Bonchev–Trinajstić information content (AvgIpc) is 2.72. The number of carbonyl (C=O) groups is 1. The minimum atomic E-state index is -0.652. The lowest BCUT2D eigenvalue weighted by atomic mass is 9.99. The van der Waals surface area contributed by atoms with Crippen molar-refractivity contribution < 1.29 is 14.6 Å². The number of hydrogen-bond donors (Lipinski definition) is 2. The molecule has 6 heteroatoms. The maximum atomic E-state index is 11.4. The van der Waals surface area contributed by atoms with Gasteiger partial charge in [-0.25, -0.2) is 0 Å². The molecule has 0 radical (unpaired) electrons. The van der Waals surface area contributed by atoms with Crippen LogP contribution in [0.5, 0.6) is 5.75 Å². The molecule has 1 unspecified atom stereocenters. The first-order valence-electron chi connectivity index (χ1n) is 9.83. The zero-order valence-electron chi connectivity index (χ0n) is 16.5. The monoisotopic (exact) mass is 391 g/mol. The fourth-order valence-corrected chi connectivity index (χ4v) is 3.64. The number of nitrogens with one attached hydrogen (secondary N) is 1. The summed E-state index contributed by atoms with van der Waals surface area (Å²) in [6.07, 6.45) is 3.03. The molecular weight excluding hydrogens is 366 g/mol. The van der Waals surface area contributed by atoms with Crippen LogP contribution >= 0.6 is 0 Å². The Bertz CT molecular complexity index is 1020. The maximum Gasteiger partial charge on any atom is 0.234 e. The molecule has 2 N–H and O–H groups in total. The average molecular weight is 391 g/mol. The number of aromatic nitrogens is 1. The Morgan fingerprint density at radius 2 is 2.07 bits per heavy atom. The lowest BCUT2D eigenvalue weighted by Gasteiger charge is -2.28. The number of carbonyl (C=O) groups excluding carboxylic acids is 1. The topological polar surface area (TPSA) is 74.7 Å². The molecule has 4 rings (SSSR count). The van der Waals surface area contributed by atoms with E-state index in [0.29, 0.717) is 25.4 Å². The Morgan fingerprint density at radius 1 is 1.21 bits per heavy atom. The van der Waals surface area contributed by atoms with Gasteiger partial charge in [-0.1, -0.05) is 18.2 Å². The lowest BCUT2D eigenvalue weighted by molar-refractivity contribution is -0.124. The number of amides is 1. The molecule has 1 saturated heterocycles. The number of rotatable bonds is 6. The second-order valence-electron chi connectivity index (χ2n) is 7.46. The standard InChI is InChI=1S/C23H25N3O3/c1-16-6-7-24-12-22(16)18-3-2-17-4-5-21(11-19(17)10-18)29-15-20(27)13-26-9-8-25-23(28)14-26/h2-7,10-12,20,27H,8-9,13-15H2,1H3,(H,25,28). The van der Waals surface area contributed by atoms with Crippen LogP contribution < -0.4 is 10.1 Å². The van der Waals surface area contributed by atoms with Crippen LogP contribution in [0.15, 0.2) is 54.9 Å². The van der Waals surface area contributed by atoms with E-state index in [1.807, 2.05) is 35.4 Å². The quantitative estimate of drug-likeness (QED) is 0.675. The number of aryl methyl sites for hydroxylation is 1. The molecule has 0 saturated carbocycles. The van der Waals surface area contributed by atoms with Crippen molar-refractivity contribution >= 4 is 16.7 Å². The molecule has 1 amide bonds. The minimum Gasteiger partial charge on any atom is -0.491 e. The van der Waals surface area contributed by atoms with Crippen molar-refractivity contribution in [3.05, 3.63) is 60.4 Å². The van der Waals surface area contributed by atoms with E-state index in [2.05, 4.69) is 35.4 Å². The molecule has 1 aliphatic rings. The zero-order valence-corrected chi connectivity index (χ0v) is 16.5. The first-order chi connectivity index (χ1) is 14.1. The molecular formula is C23H25N3O3. The normalized spacial score (nSPS) is 15.9. The molecule has 1 aromatic heterocycles. The van der Waals surface area contributed by atoms with Crippen molar-refractivity contribution in [3.8, 4) is 16.9 Å². The predicted octanol–water partition coefficient (Wildman–Crippen LogP) is 2.38. The molecule has 6 nitrogen and oxygen atoms in total. The molecule has 1 atom stereocenters. The van der Waals surface area contributed by atoms with Crippen molar-refractivity contribution in [1.29, 1.82) is 0 Å². The van der Waals surface area contributed by atoms with Crippen LogP contribution in [0.4, 0.5) is 0 Å². The highest BCUT2D eigenvalue weighted by atomic mass is 16.5. The van der Waals surface area contributed by atoms with Crippen molar-refractivity contribution in [2.24, 2.45) is 0 Å². The fourth-order valence-electron chi connectivity index (χ4n) is 3.64. The Balaban J connectivity index is 1.44. The van der Waals surface area contributed by atoms with E-state index < -0.39 is 6.10 Å². The number of β-amino-alcohol motifs (C(OH)–C–C–N with tert-alkyl or cyclic N) is 1. The van der Waals surface area contributed by atoms with Gasteiger partial charge < -0.3 is 15.2 Å². The fraction of sp³-hybridized carbons (Fsp3) is 0.304. The van der Waals surface area contributed by atoms with Crippen LogP contribution in [-0.2, 0) is 4.79 Å². The van der Waals surface area contributed by atoms with Crippen molar-refractivity contribution in [1.82, 2.24) is 15.2 Å². The predicted molar refractivity (Wildman–Crippen MR) is 113 cm³/mol. The van der Waals surface area contributed by atoms with Gasteiger partial charge in [0.25, 0.3) is 0 Å². The summed E-state index contributed by atoms with van der Waals surface area (Å²) in [4.78, 5) is 17.6. The smallest absolute Gasteiger partial charge is 0.234 e. The summed E-state index contributed by atoms with van der Waals surface area (Å²) >= 11 is 0. The molecule has 29 heavy (non-hydrogen) atoms. The number of fused-ring (bicyclic) bond motifs is 1. The van der Waals surface area contributed by atoms with Crippen LogP contribution in [0, 0.1) is 6.92 Å². The van der Waals surface area contributed by atoms with E-state index in [-0.39, 0.29) is 12.5 Å². The summed E-state index contributed by atoms with van der Waals surface area (Å²) in [5.74, 6) is 0.714. The molecule has 150 valence electrons. The van der Waals surface area contributed by atoms with Gasteiger partial charge in [0.05, 0.1) is 6.54 Å². The number of nitrogens with zero attached hydrogens (tertiary/aromatic N) is 2. The highest BCUT2D eigenvalue weighted by Crippen LogP contribution is 2.28. The van der Waals surface area contributed by atoms with Crippen LogP contribution in [0.3, 0.4) is 0 Å². The van der Waals surface area contributed by atoms with Gasteiger partial charge >= 0.3 is 0 Å². The Labute approximate surface area is 170 Å². The Morgan fingerprint density at radius 3 is 2.90 bits per heavy atom. The zero-order chi connectivity index (χ0) is 20.2. The summed E-state index contributed by atoms with van der Waals surface area (Å²) in [5.41, 5.74) is 3.41. The van der Waals surface area contributed by atoms with E-state index in [4.69, 9.17) is 4.74 Å². The number of aliphatic hydroxyl groups excluding tert-OH is 1. The molecule has 0 aliphatic carbocycles. The van der Waals surface area contributed by atoms with Crippen LogP contribution in [0.25, 0.3) is 21.9 Å². The highest BCUT2D eigenvalue weighted by molar-refractivity contribution is 5.88. The first kappa shape index (κ1) is 19.4. The van der Waals surface area contributed by atoms with Gasteiger partial charge in [0.1, 0.15) is 18.5 Å². The summed E-state index contributed by atoms with van der Waals surface area (Å²) in [6, 6.07) is 14.3. The maximum absolute atomic E-state index is 11.4. The molecule has 2 heterocycles. The van der Waals surface area contributed by atoms with Gasteiger partial charge in [-0.05, 0) is 53.1 Å². The van der Waals surface area contributed by atoms with Gasteiger partial charge in [-0.3, -0.25) is 14.7 Å². The number of hydrogen-bond acceptors (Lipinski definition) is 5. The number of aliphatic hydroxyl groups is 1. The summed E-state index contributed by atoms with van der Waals surface area (Å²) in [5, 5.41) is 15.3. The number of ether oxygens (including phenoxy) is 1. The molecule has 3 aromatic rings. The number of piperazine rings is 1. The van der Waals surface area contributed by atoms with Gasteiger partial charge in [0.2, 0.25) is 5.91 Å². The van der Waals surface area contributed by atoms with Gasteiger partial charge in [-0.2, -0.15) is 0 Å². The van der Waals surface area contributed by atoms with E-state index in [9.17, 15) is 9.90 Å². The Kier molecular flexibility index (Phi) is 5.74. The second-order valence-corrected chi connectivity index (χ2v) is 7.46. The van der Waals surface area contributed by atoms with Crippen LogP contribution in [0.2, 0.25) is 0 Å². The molecule has 0 spiro atoms. The van der Waals surface area contributed by atoms with E-state index in [1.165, 1.54) is 5.56 Å². The molecule has 1 aliphatic heterocycles. The molecule has 1 fully saturated rings. The summed E-state index contributed by atoms with van der Waals surface area (Å²) in [6.45, 7) is 4.37. The van der Waals surface area contributed by atoms with Crippen molar-refractivity contribution in [2.45, 2.75) is 13.0 Å². The van der Waals surface area contributed by atoms with E-state index >= 15 is 0 Å². The largest absolute Gasteiger partial charge is 0.491 e. The SMILES string of the molecule is Cc1ccncc1-c1ccc2ccc(OCC(O)CN3CCNC(=O)C3)cc2c1. The van der Waals surface area contributed by atoms with E-state index in [1.54, 1.807) is 6.20 Å². The minimum absolute atomic E-state index is 0.00134.